The molecule has 0 spiro atoms. The molecule has 0 amide bonds. The van der Waals surface area contributed by atoms with Crippen LogP contribution in [-0.4, -0.2) is 25.1 Å². The van der Waals surface area contributed by atoms with Crippen LogP contribution in [0.2, 0.25) is 0 Å². The molecule has 5 aromatic rings. The Labute approximate surface area is 188 Å². The van der Waals surface area contributed by atoms with Crippen molar-refractivity contribution in [1.82, 2.24) is 9.55 Å². The number of nitrogens with one attached hydrogen (secondary N) is 1. The van der Waals surface area contributed by atoms with Gasteiger partial charge in [0, 0.05) is 29.1 Å². The van der Waals surface area contributed by atoms with Crippen molar-refractivity contribution in [3.8, 4) is 29.2 Å². The van der Waals surface area contributed by atoms with E-state index in [4.69, 9.17) is 11.2 Å². The Hall–Kier alpha value is -4.09. The summed E-state index contributed by atoms with van der Waals surface area (Å²) >= 11 is 0. The highest BCUT2D eigenvalue weighted by Crippen LogP contribution is 2.36. The van der Waals surface area contributed by atoms with E-state index in [1.165, 1.54) is 25.3 Å². The first-order chi connectivity index (χ1) is 15.7. The van der Waals surface area contributed by atoms with Gasteiger partial charge in [0.2, 0.25) is 0 Å². The van der Waals surface area contributed by atoms with Crippen molar-refractivity contribution in [2.45, 2.75) is 4.90 Å². The number of aromatic amines is 1. The summed E-state index contributed by atoms with van der Waals surface area (Å²) in [4.78, 5) is 16.3. The van der Waals surface area contributed by atoms with Crippen molar-refractivity contribution in [1.29, 1.82) is 0 Å². The maximum atomic E-state index is 13.6. The fourth-order valence-electron chi connectivity index (χ4n) is 4.25. The summed E-state index contributed by atoms with van der Waals surface area (Å²) in [5, 5.41) is 1.72. The lowest BCUT2D eigenvalue weighted by Gasteiger charge is -2.14. The minimum absolute atomic E-state index is 0.178. The molecule has 0 unspecified atom stereocenters. The average molecular weight is 460 g/mol. The summed E-state index contributed by atoms with van der Waals surface area (Å²) in [6.07, 6.45) is 5.51. The molecular weight excluding hydrogens is 443 g/mol. The first-order valence-electron chi connectivity index (χ1n) is 9.91. The monoisotopic (exact) mass is 460 g/mol. The number of benzene rings is 3. The second-order valence-electron chi connectivity index (χ2n) is 7.68. The normalized spacial score (nSPS) is 11.8. The molecule has 0 saturated heterocycles. The fraction of sp³-hybridized carbons (Fsp3) is 0.0800. The van der Waals surface area contributed by atoms with E-state index >= 15 is 0 Å². The van der Waals surface area contributed by atoms with Crippen LogP contribution in [0.5, 0.6) is 5.75 Å². The number of nitrogens with zero attached hydrogens (tertiary/aromatic N) is 1. The SMILES string of the molecule is C#Cc1ccc2c(c1)[nH]c1c2c(=O)c2cc(OC)c(-c3cccc(S(=O)(=O)F)c3)cc2n1C. The molecule has 0 atom stereocenters. The second-order valence-corrected chi connectivity index (χ2v) is 9.02. The van der Waals surface area contributed by atoms with Crippen molar-refractivity contribution >= 4 is 43.1 Å². The van der Waals surface area contributed by atoms with Gasteiger partial charge in [0.05, 0.1) is 28.3 Å². The third-order valence-electron chi connectivity index (χ3n) is 5.86. The third kappa shape index (κ3) is 3.17. The van der Waals surface area contributed by atoms with Crippen molar-refractivity contribution in [3.05, 3.63) is 70.4 Å². The van der Waals surface area contributed by atoms with E-state index in [-0.39, 0.29) is 5.43 Å². The van der Waals surface area contributed by atoms with Crippen molar-refractivity contribution in [2.75, 3.05) is 7.11 Å². The number of ether oxygens (including phenoxy) is 1. The Bertz CT molecular complexity index is 1830. The Morgan fingerprint density at radius 3 is 2.58 bits per heavy atom. The molecule has 0 aliphatic rings. The van der Waals surface area contributed by atoms with E-state index < -0.39 is 15.1 Å². The molecule has 0 fully saturated rings. The number of aromatic nitrogens is 2. The zero-order chi connectivity index (χ0) is 23.5. The number of hydrogen-bond acceptors (Lipinski definition) is 4. The minimum Gasteiger partial charge on any atom is -0.496 e. The zero-order valence-electron chi connectivity index (χ0n) is 17.6. The molecule has 0 saturated carbocycles. The molecule has 164 valence electrons. The lowest BCUT2D eigenvalue weighted by molar-refractivity contribution is 0.417. The largest absolute Gasteiger partial charge is 0.496 e. The zero-order valence-corrected chi connectivity index (χ0v) is 18.5. The molecule has 0 bridgehead atoms. The summed E-state index contributed by atoms with van der Waals surface area (Å²) in [5.41, 5.74) is 3.44. The van der Waals surface area contributed by atoms with E-state index in [1.54, 1.807) is 24.3 Å². The Kier molecular flexibility index (Phi) is 4.55. The molecule has 3 aromatic carbocycles. The predicted octanol–water partition coefficient (Wildman–Crippen LogP) is 4.49. The van der Waals surface area contributed by atoms with Gasteiger partial charge in [-0.25, -0.2) is 0 Å². The van der Waals surface area contributed by atoms with E-state index in [9.17, 15) is 17.1 Å². The van der Waals surface area contributed by atoms with E-state index in [0.29, 0.717) is 44.4 Å². The number of hydrogen-bond donors (Lipinski definition) is 1. The molecular formula is C25H17FN2O4S. The molecule has 0 aliphatic carbocycles. The Balaban J connectivity index is 1.87. The van der Waals surface area contributed by atoms with Gasteiger partial charge in [-0.05, 0) is 42.0 Å². The molecule has 5 rings (SSSR count). The number of pyridine rings is 1. The van der Waals surface area contributed by atoms with Gasteiger partial charge in [-0.15, -0.1) is 10.3 Å². The highest BCUT2D eigenvalue weighted by Gasteiger charge is 2.19. The lowest BCUT2D eigenvalue weighted by Crippen LogP contribution is -2.09. The van der Waals surface area contributed by atoms with Gasteiger partial charge in [0.25, 0.3) is 0 Å². The van der Waals surface area contributed by atoms with Gasteiger partial charge < -0.3 is 14.3 Å². The Morgan fingerprint density at radius 2 is 1.88 bits per heavy atom. The summed E-state index contributed by atoms with van der Waals surface area (Å²) < 4.78 is 43.7. The van der Waals surface area contributed by atoms with Gasteiger partial charge in [0.1, 0.15) is 11.4 Å². The van der Waals surface area contributed by atoms with Crippen LogP contribution in [0.25, 0.3) is 44.0 Å². The lowest BCUT2D eigenvalue weighted by atomic mass is 10.0. The van der Waals surface area contributed by atoms with Gasteiger partial charge in [-0.3, -0.25) is 4.79 Å². The molecule has 2 heterocycles. The molecule has 2 aromatic heterocycles. The number of fused-ring (bicyclic) bond motifs is 4. The molecule has 0 aliphatic heterocycles. The van der Waals surface area contributed by atoms with Crippen molar-refractivity contribution in [2.24, 2.45) is 7.05 Å². The third-order valence-corrected chi connectivity index (χ3v) is 6.68. The van der Waals surface area contributed by atoms with Crippen LogP contribution in [0.3, 0.4) is 0 Å². The van der Waals surface area contributed by atoms with Crippen LogP contribution in [0.15, 0.2) is 64.3 Å². The van der Waals surface area contributed by atoms with Crippen LogP contribution in [0.4, 0.5) is 3.89 Å². The van der Waals surface area contributed by atoms with E-state index in [1.807, 2.05) is 23.7 Å². The van der Waals surface area contributed by atoms with Crippen molar-refractivity contribution < 1.29 is 17.0 Å². The molecule has 33 heavy (non-hydrogen) atoms. The highest BCUT2D eigenvalue weighted by molar-refractivity contribution is 7.86. The number of halogens is 1. The quantitative estimate of drug-likeness (QED) is 0.318. The summed E-state index contributed by atoms with van der Waals surface area (Å²) in [6.45, 7) is 0. The molecule has 6 nitrogen and oxygen atoms in total. The van der Waals surface area contributed by atoms with E-state index in [2.05, 4.69) is 10.9 Å². The summed E-state index contributed by atoms with van der Waals surface area (Å²) in [6, 6.07) is 14.3. The maximum absolute atomic E-state index is 13.6. The Morgan fingerprint density at radius 1 is 1.09 bits per heavy atom. The standard InChI is InChI=1S/C25H17FN2O4S/c1-4-14-8-9-17-20(10-14)27-25-23(17)24(29)19-13-22(32-3)18(12-21(19)28(25)2)15-6-5-7-16(11-15)33(26,30)31/h1,5-13,27H,2-3H3. The van der Waals surface area contributed by atoms with Crippen LogP contribution in [0.1, 0.15) is 5.56 Å². The minimum atomic E-state index is -4.87. The first-order valence-corrected chi connectivity index (χ1v) is 11.3. The van der Waals surface area contributed by atoms with Crippen LogP contribution in [0, 0.1) is 12.3 Å². The number of H-pyrrole nitrogens is 1. The van der Waals surface area contributed by atoms with Crippen LogP contribution < -0.4 is 10.2 Å². The van der Waals surface area contributed by atoms with Gasteiger partial charge in [-0.1, -0.05) is 24.1 Å². The number of methoxy groups -OCH3 is 1. The smallest absolute Gasteiger partial charge is 0.332 e. The van der Waals surface area contributed by atoms with Gasteiger partial charge in [-0.2, -0.15) is 8.42 Å². The highest BCUT2D eigenvalue weighted by atomic mass is 32.3. The van der Waals surface area contributed by atoms with Gasteiger partial charge >= 0.3 is 10.2 Å². The fourth-order valence-corrected chi connectivity index (χ4v) is 4.76. The topological polar surface area (TPSA) is 81.2 Å². The number of aryl methyl sites for hydroxylation is 1. The molecule has 8 heteroatoms. The number of rotatable bonds is 3. The van der Waals surface area contributed by atoms with Crippen molar-refractivity contribution in [3.63, 3.8) is 0 Å². The van der Waals surface area contributed by atoms with Crippen LogP contribution in [-0.2, 0) is 17.3 Å². The maximum Gasteiger partial charge on any atom is 0.332 e. The predicted molar refractivity (Wildman–Crippen MR) is 127 cm³/mol. The first kappa shape index (κ1) is 20.8. The van der Waals surface area contributed by atoms with Crippen LogP contribution >= 0.6 is 0 Å². The number of terminal acetylenes is 1. The molecule has 0 radical (unpaired) electrons. The van der Waals surface area contributed by atoms with E-state index in [0.717, 1.165) is 10.9 Å². The average Bonchev–Trinajstić information content (AvgIpc) is 3.20. The summed E-state index contributed by atoms with van der Waals surface area (Å²) in [5.74, 6) is 2.95. The van der Waals surface area contributed by atoms with Gasteiger partial charge in [0.15, 0.2) is 5.43 Å². The second kappa shape index (κ2) is 7.22. The molecule has 1 N–H and O–H groups in total. The summed E-state index contributed by atoms with van der Waals surface area (Å²) in [7, 11) is -1.60.